The third-order valence-electron chi connectivity index (χ3n) is 4.83. The van der Waals surface area contributed by atoms with E-state index in [1.54, 1.807) is 26.0 Å². The molecule has 168 valence electrons. The molecule has 3 aromatic carbocycles. The summed E-state index contributed by atoms with van der Waals surface area (Å²) in [6.45, 7) is 3.44. The number of carbonyl (C=O) groups is 1. The maximum atomic E-state index is 13.8. The van der Waals surface area contributed by atoms with Crippen LogP contribution in [0.5, 0.6) is 5.75 Å². The van der Waals surface area contributed by atoms with Gasteiger partial charge in [0, 0.05) is 11.3 Å². The van der Waals surface area contributed by atoms with Crippen molar-refractivity contribution in [3.8, 4) is 16.9 Å². The number of nitrogens with zero attached hydrogens (tertiary/aromatic N) is 2. The predicted octanol–water partition coefficient (Wildman–Crippen LogP) is 6.14. The SMILES string of the molecule is CC(Sc1nnc(C(C)Oc2ccccc2F)o1)C(=O)Nc1ccccc1-c1ccccc1. The number of anilines is 1. The molecule has 2 unspecified atom stereocenters. The Hall–Kier alpha value is -3.65. The molecule has 4 aromatic rings. The Labute approximate surface area is 195 Å². The number of thioether (sulfide) groups is 1. The summed E-state index contributed by atoms with van der Waals surface area (Å²) in [4.78, 5) is 12.8. The van der Waals surface area contributed by atoms with E-state index in [0.717, 1.165) is 28.6 Å². The fraction of sp³-hybridized carbons (Fsp3) is 0.160. The van der Waals surface area contributed by atoms with E-state index in [9.17, 15) is 9.18 Å². The largest absolute Gasteiger partial charge is 0.478 e. The first-order chi connectivity index (χ1) is 16.0. The topological polar surface area (TPSA) is 77.2 Å². The number of amides is 1. The summed E-state index contributed by atoms with van der Waals surface area (Å²) in [5.41, 5.74) is 2.67. The number of rotatable bonds is 8. The second-order valence-corrected chi connectivity index (χ2v) is 8.55. The van der Waals surface area contributed by atoms with Crippen LogP contribution in [-0.2, 0) is 4.79 Å². The standard InChI is InChI=1S/C25H22FN3O3S/c1-16(31-22-15-9-7-13-20(22)26)24-28-29-25(32-24)33-17(2)23(30)27-21-14-8-6-12-19(21)18-10-4-3-5-11-18/h3-17H,1-2H3,(H,27,30). The van der Waals surface area contributed by atoms with E-state index < -0.39 is 17.2 Å². The average molecular weight is 464 g/mol. The van der Waals surface area contributed by atoms with E-state index in [2.05, 4.69) is 15.5 Å². The molecule has 0 spiro atoms. The average Bonchev–Trinajstić information content (AvgIpc) is 3.30. The first-order valence-electron chi connectivity index (χ1n) is 10.4. The van der Waals surface area contributed by atoms with Crippen LogP contribution in [0.2, 0.25) is 0 Å². The zero-order valence-electron chi connectivity index (χ0n) is 18.1. The minimum Gasteiger partial charge on any atom is -0.478 e. The lowest BCUT2D eigenvalue weighted by Crippen LogP contribution is -2.22. The first-order valence-corrected chi connectivity index (χ1v) is 11.3. The van der Waals surface area contributed by atoms with Gasteiger partial charge in [0.1, 0.15) is 0 Å². The molecule has 1 heterocycles. The van der Waals surface area contributed by atoms with Gasteiger partial charge in [-0.05, 0) is 37.6 Å². The van der Waals surface area contributed by atoms with E-state index in [-0.39, 0.29) is 22.8 Å². The minimum atomic E-state index is -0.648. The highest BCUT2D eigenvalue weighted by Gasteiger charge is 2.22. The molecule has 0 saturated heterocycles. The quantitative estimate of drug-likeness (QED) is 0.317. The molecular formula is C25H22FN3O3S. The monoisotopic (exact) mass is 463 g/mol. The molecule has 0 radical (unpaired) electrons. The second-order valence-electron chi connectivity index (χ2n) is 7.26. The van der Waals surface area contributed by atoms with Crippen LogP contribution in [0.15, 0.2) is 88.5 Å². The molecule has 1 amide bonds. The maximum Gasteiger partial charge on any atom is 0.277 e. The van der Waals surface area contributed by atoms with Crippen LogP contribution in [0.1, 0.15) is 25.8 Å². The van der Waals surface area contributed by atoms with Gasteiger partial charge in [0.25, 0.3) is 11.1 Å². The van der Waals surface area contributed by atoms with Gasteiger partial charge in [0.15, 0.2) is 17.7 Å². The molecule has 33 heavy (non-hydrogen) atoms. The molecule has 0 aliphatic heterocycles. The van der Waals surface area contributed by atoms with Crippen LogP contribution in [0.4, 0.5) is 10.1 Å². The van der Waals surface area contributed by atoms with Crippen molar-refractivity contribution in [2.45, 2.75) is 30.4 Å². The van der Waals surface area contributed by atoms with Gasteiger partial charge in [-0.2, -0.15) is 0 Å². The number of hydrogen-bond donors (Lipinski definition) is 1. The third kappa shape index (κ3) is 5.59. The number of carbonyl (C=O) groups excluding carboxylic acids is 1. The summed E-state index contributed by atoms with van der Waals surface area (Å²) in [5, 5.41) is 10.7. The van der Waals surface area contributed by atoms with Gasteiger partial charge in [-0.25, -0.2) is 4.39 Å². The van der Waals surface area contributed by atoms with Gasteiger partial charge in [-0.1, -0.05) is 72.4 Å². The highest BCUT2D eigenvalue weighted by atomic mass is 32.2. The lowest BCUT2D eigenvalue weighted by atomic mass is 10.0. The van der Waals surface area contributed by atoms with E-state index in [4.69, 9.17) is 9.15 Å². The Morgan fingerprint density at radius 3 is 2.45 bits per heavy atom. The van der Waals surface area contributed by atoms with E-state index >= 15 is 0 Å². The molecule has 0 fully saturated rings. The fourth-order valence-electron chi connectivity index (χ4n) is 3.11. The molecule has 6 nitrogen and oxygen atoms in total. The number of para-hydroxylation sites is 2. The predicted molar refractivity (Wildman–Crippen MR) is 126 cm³/mol. The van der Waals surface area contributed by atoms with Crippen LogP contribution in [0, 0.1) is 5.82 Å². The first kappa shape index (κ1) is 22.5. The third-order valence-corrected chi connectivity index (χ3v) is 5.76. The Morgan fingerprint density at radius 1 is 0.970 bits per heavy atom. The second kappa shape index (κ2) is 10.3. The van der Waals surface area contributed by atoms with Crippen LogP contribution in [0.3, 0.4) is 0 Å². The van der Waals surface area contributed by atoms with Crippen LogP contribution >= 0.6 is 11.8 Å². The van der Waals surface area contributed by atoms with Gasteiger partial charge in [-0.15, -0.1) is 10.2 Å². The molecule has 1 aromatic heterocycles. The normalized spacial score (nSPS) is 12.7. The molecule has 0 bridgehead atoms. The summed E-state index contributed by atoms with van der Waals surface area (Å²) >= 11 is 1.14. The van der Waals surface area contributed by atoms with Gasteiger partial charge in [0.05, 0.1) is 5.25 Å². The molecule has 2 atom stereocenters. The van der Waals surface area contributed by atoms with Crippen molar-refractivity contribution in [1.29, 1.82) is 0 Å². The lowest BCUT2D eigenvalue weighted by molar-refractivity contribution is -0.115. The van der Waals surface area contributed by atoms with Crippen molar-refractivity contribution in [3.05, 3.63) is 90.6 Å². The van der Waals surface area contributed by atoms with Gasteiger partial charge >= 0.3 is 0 Å². The Balaban J connectivity index is 1.40. The van der Waals surface area contributed by atoms with Crippen molar-refractivity contribution in [2.75, 3.05) is 5.32 Å². The van der Waals surface area contributed by atoms with Crippen molar-refractivity contribution < 1.29 is 18.3 Å². The molecule has 1 N–H and O–H groups in total. The fourth-order valence-corrected chi connectivity index (χ4v) is 3.80. The highest BCUT2D eigenvalue weighted by molar-refractivity contribution is 8.00. The molecule has 0 aliphatic rings. The van der Waals surface area contributed by atoms with Gasteiger partial charge in [-0.3, -0.25) is 4.79 Å². The summed E-state index contributed by atoms with van der Waals surface area (Å²) in [7, 11) is 0. The number of nitrogens with one attached hydrogen (secondary N) is 1. The Bertz CT molecular complexity index is 1230. The van der Waals surface area contributed by atoms with E-state index in [1.807, 2.05) is 54.6 Å². The molecule has 4 rings (SSSR count). The Morgan fingerprint density at radius 2 is 1.67 bits per heavy atom. The number of benzene rings is 3. The number of ether oxygens (including phenoxy) is 1. The zero-order chi connectivity index (χ0) is 23.2. The lowest BCUT2D eigenvalue weighted by Gasteiger charge is -2.14. The summed E-state index contributed by atoms with van der Waals surface area (Å²) in [5.74, 6) is -0.372. The van der Waals surface area contributed by atoms with E-state index in [0.29, 0.717) is 0 Å². The van der Waals surface area contributed by atoms with E-state index in [1.165, 1.54) is 12.1 Å². The molecule has 0 saturated carbocycles. The van der Waals surface area contributed by atoms with Crippen molar-refractivity contribution in [2.24, 2.45) is 0 Å². The molecule has 0 aliphatic carbocycles. The van der Waals surface area contributed by atoms with Crippen molar-refractivity contribution >= 4 is 23.4 Å². The van der Waals surface area contributed by atoms with Crippen LogP contribution in [-0.4, -0.2) is 21.4 Å². The maximum absolute atomic E-state index is 13.8. The Kier molecular flexibility index (Phi) is 7.04. The summed E-state index contributed by atoms with van der Waals surface area (Å²) < 4.78 is 25.0. The number of hydrogen-bond acceptors (Lipinski definition) is 6. The van der Waals surface area contributed by atoms with Gasteiger partial charge in [0.2, 0.25) is 5.91 Å². The zero-order valence-corrected chi connectivity index (χ0v) is 18.9. The summed E-state index contributed by atoms with van der Waals surface area (Å²) in [6.07, 6.45) is -0.648. The van der Waals surface area contributed by atoms with Crippen molar-refractivity contribution in [3.63, 3.8) is 0 Å². The van der Waals surface area contributed by atoms with Gasteiger partial charge < -0.3 is 14.5 Å². The number of aromatic nitrogens is 2. The highest BCUT2D eigenvalue weighted by Crippen LogP contribution is 2.30. The van der Waals surface area contributed by atoms with Crippen molar-refractivity contribution in [1.82, 2.24) is 10.2 Å². The summed E-state index contributed by atoms with van der Waals surface area (Å²) in [6, 6.07) is 23.6. The van der Waals surface area contributed by atoms with Crippen LogP contribution in [0.25, 0.3) is 11.1 Å². The number of halogens is 1. The van der Waals surface area contributed by atoms with Crippen LogP contribution < -0.4 is 10.1 Å². The molecule has 8 heteroatoms. The smallest absolute Gasteiger partial charge is 0.277 e. The minimum absolute atomic E-state index is 0.0993. The molecular weight excluding hydrogens is 441 g/mol.